The minimum absolute atomic E-state index is 0.148. The van der Waals surface area contributed by atoms with Crippen molar-refractivity contribution in [3.05, 3.63) is 0 Å². The summed E-state index contributed by atoms with van der Waals surface area (Å²) >= 11 is 0. The van der Waals surface area contributed by atoms with Crippen LogP contribution in [0.1, 0.15) is 72.1 Å². The Kier molecular flexibility index (Phi) is 4.26. The predicted octanol–water partition coefficient (Wildman–Crippen LogP) is 3.85. The third-order valence-corrected chi connectivity index (χ3v) is 9.45. The summed E-state index contributed by atoms with van der Waals surface area (Å²) < 4.78 is 19.4. The number of hydrogen-bond acceptors (Lipinski definition) is 6. The maximum Gasteiger partial charge on any atom is 0.306 e. The monoisotopic (exact) mass is 422 g/mol. The van der Waals surface area contributed by atoms with Crippen LogP contribution in [0.4, 0.5) is 0 Å². The number of carboxylic acid groups (broad SMARTS) is 1. The molecule has 0 aromatic carbocycles. The van der Waals surface area contributed by atoms with Gasteiger partial charge in [-0.1, -0.05) is 13.8 Å². The molecule has 1 N–H and O–H groups in total. The lowest BCUT2D eigenvalue weighted by Crippen LogP contribution is -2.71. The Bertz CT molecular complexity index is 727. The zero-order valence-corrected chi connectivity index (χ0v) is 18.2. The Morgan fingerprint density at radius 1 is 1.03 bits per heavy atom. The van der Waals surface area contributed by atoms with Crippen LogP contribution in [0.15, 0.2) is 0 Å². The van der Waals surface area contributed by atoms with Crippen molar-refractivity contribution in [3.63, 3.8) is 0 Å². The largest absolute Gasteiger partial charge is 0.481 e. The van der Waals surface area contributed by atoms with Crippen molar-refractivity contribution < 1.29 is 33.9 Å². The van der Waals surface area contributed by atoms with Gasteiger partial charge in [0.25, 0.3) is 0 Å². The molecule has 168 valence electrons. The van der Waals surface area contributed by atoms with E-state index in [9.17, 15) is 4.79 Å². The van der Waals surface area contributed by atoms with Gasteiger partial charge >= 0.3 is 5.97 Å². The number of hydrogen-bond donors (Lipinski definition) is 1. The fourth-order valence-electron chi connectivity index (χ4n) is 7.71. The summed E-state index contributed by atoms with van der Waals surface area (Å²) in [5.41, 5.74) is -0.350. The summed E-state index contributed by atoms with van der Waals surface area (Å²) in [6.07, 6.45) is 6.94. The Morgan fingerprint density at radius 2 is 1.80 bits per heavy atom. The first-order chi connectivity index (χ1) is 14.2. The third kappa shape index (κ3) is 2.65. The van der Waals surface area contributed by atoms with Gasteiger partial charge in [0.1, 0.15) is 0 Å². The van der Waals surface area contributed by atoms with Crippen LogP contribution >= 0.6 is 0 Å². The lowest BCUT2D eigenvalue weighted by Gasteiger charge is -2.61. The first-order valence-electron chi connectivity index (χ1n) is 11.8. The molecule has 7 rings (SSSR count). The summed E-state index contributed by atoms with van der Waals surface area (Å²) in [4.78, 5) is 23.2. The van der Waals surface area contributed by atoms with Crippen LogP contribution < -0.4 is 0 Å². The molecule has 0 aromatic rings. The maximum absolute atomic E-state index is 11.1. The van der Waals surface area contributed by atoms with Crippen LogP contribution in [0.5, 0.6) is 0 Å². The quantitative estimate of drug-likeness (QED) is 0.692. The predicted molar refractivity (Wildman–Crippen MR) is 104 cm³/mol. The van der Waals surface area contributed by atoms with Gasteiger partial charge in [0, 0.05) is 18.3 Å². The topological polar surface area (TPSA) is 83.5 Å². The summed E-state index contributed by atoms with van der Waals surface area (Å²) in [6.45, 7) is 6.48. The van der Waals surface area contributed by atoms with Crippen LogP contribution in [0, 0.1) is 35.0 Å². The van der Waals surface area contributed by atoms with Gasteiger partial charge in [0.15, 0.2) is 18.2 Å². The van der Waals surface area contributed by atoms with E-state index in [0.717, 1.165) is 44.9 Å². The maximum atomic E-state index is 11.1. The highest BCUT2D eigenvalue weighted by atomic mass is 17.3. The Morgan fingerprint density at radius 3 is 2.53 bits per heavy atom. The third-order valence-electron chi connectivity index (χ3n) is 9.45. The smallest absolute Gasteiger partial charge is 0.306 e. The first-order valence-corrected chi connectivity index (χ1v) is 11.8. The molecule has 4 aliphatic heterocycles. The molecule has 2 spiro atoms. The Hall–Kier alpha value is -0.730. The first kappa shape index (κ1) is 19.9. The molecule has 4 heterocycles. The lowest BCUT2D eigenvalue weighted by atomic mass is 9.50. The number of fused-ring (bicyclic) bond motifs is 2. The summed E-state index contributed by atoms with van der Waals surface area (Å²) in [7, 11) is 0. The van der Waals surface area contributed by atoms with E-state index in [1.165, 1.54) is 6.42 Å². The zero-order chi connectivity index (χ0) is 20.9. The van der Waals surface area contributed by atoms with Gasteiger partial charge in [-0.05, 0) is 69.1 Å². The van der Waals surface area contributed by atoms with Crippen molar-refractivity contribution in [1.82, 2.24) is 0 Å². The van der Waals surface area contributed by atoms with Crippen molar-refractivity contribution >= 4 is 5.97 Å². The summed E-state index contributed by atoms with van der Waals surface area (Å²) in [6, 6.07) is 0. The highest BCUT2D eigenvalue weighted by Gasteiger charge is 2.70. The lowest BCUT2D eigenvalue weighted by molar-refractivity contribution is -0.578. The van der Waals surface area contributed by atoms with E-state index in [1.54, 1.807) is 0 Å². The van der Waals surface area contributed by atoms with E-state index >= 15 is 0 Å². The molecular formula is C23H34O7. The van der Waals surface area contributed by atoms with Gasteiger partial charge in [-0.15, -0.1) is 0 Å². The molecule has 0 aromatic heterocycles. The molecular weight excluding hydrogens is 388 g/mol. The normalized spacial score (nSPS) is 59.0. The Labute approximate surface area is 177 Å². The van der Waals surface area contributed by atoms with Crippen molar-refractivity contribution in [2.45, 2.75) is 102 Å². The van der Waals surface area contributed by atoms with Crippen molar-refractivity contribution in [1.29, 1.82) is 0 Å². The molecule has 4 saturated heterocycles. The highest BCUT2D eigenvalue weighted by Crippen LogP contribution is 2.63. The number of rotatable bonds is 3. The molecule has 3 saturated carbocycles. The molecule has 0 unspecified atom stereocenters. The van der Waals surface area contributed by atoms with E-state index in [4.69, 9.17) is 29.1 Å². The number of carboxylic acids is 1. The van der Waals surface area contributed by atoms with E-state index in [0.29, 0.717) is 11.8 Å². The van der Waals surface area contributed by atoms with Gasteiger partial charge in [-0.25, -0.2) is 9.78 Å². The van der Waals surface area contributed by atoms with Crippen molar-refractivity contribution in [2.75, 3.05) is 0 Å². The summed E-state index contributed by atoms with van der Waals surface area (Å²) in [5.74, 6) is -0.196. The van der Waals surface area contributed by atoms with Gasteiger partial charge in [0.2, 0.25) is 5.79 Å². The van der Waals surface area contributed by atoms with Crippen LogP contribution in [0.3, 0.4) is 0 Å². The van der Waals surface area contributed by atoms with Gasteiger partial charge in [-0.2, -0.15) is 0 Å². The SMILES string of the molecule is C[C@H]1[C@@H](OC2CC3(C2)CC(C(=O)O)C3)O[C@@H]2O[C@@]3(C)CC[C@H]4[C@H](C)CC[C@@H]1[C@@]24OO3. The minimum Gasteiger partial charge on any atom is -0.481 e. The molecule has 3 aliphatic carbocycles. The molecule has 0 radical (unpaired) electrons. The Balaban J connectivity index is 1.18. The number of ether oxygens (including phenoxy) is 3. The van der Waals surface area contributed by atoms with E-state index in [2.05, 4.69) is 13.8 Å². The number of carbonyl (C=O) groups is 1. The van der Waals surface area contributed by atoms with Crippen LogP contribution in [0.25, 0.3) is 0 Å². The van der Waals surface area contributed by atoms with Gasteiger partial charge in [-0.3, -0.25) is 4.79 Å². The fraction of sp³-hybridized carbons (Fsp3) is 0.957. The average Bonchev–Trinajstić information content (AvgIpc) is 2.85. The van der Waals surface area contributed by atoms with Gasteiger partial charge in [0.05, 0.1) is 12.0 Å². The highest BCUT2D eigenvalue weighted by molar-refractivity contribution is 5.71. The minimum atomic E-state index is -0.763. The molecule has 30 heavy (non-hydrogen) atoms. The molecule has 8 atom stereocenters. The van der Waals surface area contributed by atoms with Crippen LogP contribution in [-0.2, 0) is 28.8 Å². The molecule has 7 fully saturated rings. The van der Waals surface area contributed by atoms with E-state index in [1.807, 2.05) is 6.92 Å². The molecule has 2 bridgehead atoms. The number of aliphatic carboxylic acids is 1. The van der Waals surface area contributed by atoms with E-state index < -0.39 is 23.6 Å². The molecule has 7 aliphatic rings. The van der Waals surface area contributed by atoms with Crippen LogP contribution in [-0.4, -0.2) is 41.1 Å². The van der Waals surface area contributed by atoms with Crippen molar-refractivity contribution in [2.24, 2.45) is 35.0 Å². The van der Waals surface area contributed by atoms with Crippen molar-refractivity contribution in [3.8, 4) is 0 Å². The second-order valence-corrected chi connectivity index (χ2v) is 11.4. The summed E-state index contributed by atoms with van der Waals surface area (Å²) in [5, 5.41) is 9.17. The van der Waals surface area contributed by atoms with Gasteiger partial charge < -0.3 is 19.3 Å². The van der Waals surface area contributed by atoms with E-state index in [-0.39, 0.29) is 35.6 Å². The second-order valence-electron chi connectivity index (χ2n) is 11.4. The molecule has 7 heteroatoms. The fourth-order valence-corrected chi connectivity index (χ4v) is 7.71. The second kappa shape index (κ2) is 6.41. The van der Waals surface area contributed by atoms with Crippen LogP contribution in [0.2, 0.25) is 0 Å². The average molecular weight is 423 g/mol. The molecule has 7 nitrogen and oxygen atoms in total. The molecule has 0 amide bonds. The zero-order valence-electron chi connectivity index (χ0n) is 18.2. The standard InChI is InChI=1S/C23H34O7/c1-12-4-5-17-13(2)19(26-15-10-22(11-15)8-14(9-22)18(24)25)27-20-23(17)16(12)6-7-21(3,28-20)29-30-23/h12-17,19-20H,4-11H2,1-3H3,(H,24,25)/t12-,13-,14?,15?,16+,17+,19+,20-,21-,22?,23-/m1/s1.